The van der Waals surface area contributed by atoms with Crippen LogP contribution in [-0.4, -0.2) is 10.3 Å². The van der Waals surface area contributed by atoms with Crippen molar-refractivity contribution >= 4 is 114 Å². The quantitative estimate of drug-likeness (QED) is 0.133. The van der Waals surface area contributed by atoms with Crippen LogP contribution >= 0.6 is 11.3 Å². The molecule has 4 heteroatoms. The molecular formula is C73H50N2OS. The molecule has 3 heterocycles. The van der Waals surface area contributed by atoms with Crippen LogP contribution < -0.4 is 0 Å². The summed E-state index contributed by atoms with van der Waals surface area (Å²) in [6.45, 7) is 9.41. The topological polar surface area (TPSA) is 30.4 Å². The smallest absolute Gasteiger partial charge is 0.139 e. The fourth-order valence-corrected chi connectivity index (χ4v) is 13.8. The van der Waals surface area contributed by atoms with Gasteiger partial charge in [-0.3, -0.25) is 0 Å². The van der Waals surface area contributed by atoms with Crippen LogP contribution in [0.5, 0.6) is 0 Å². The zero-order valence-corrected chi connectivity index (χ0v) is 43.2. The second-order valence-electron chi connectivity index (χ2n) is 20.5. The lowest BCUT2D eigenvalue weighted by molar-refractivity contribution is 0.648. The highest BCUT2D eigenvalue weighted by Crippen LogP contribution is 2.49. The van der Waals surface area contributed by atoms with Crippen molar-refractivity contribution in [2.24, 2.45) is 4.99 Å². The van der Waals surface area contributed by atoms with Gasteiger partial charge in [-0.2, -0.15) is 0 Å². The van der Waals surface area contributed by atoms with Gasteiger partial charge in [0.2, 0.25) is 0 Å². The first-order chi connectivity index (χ1) is 38.1. The molecule has 0 radical (unpaired) electrons. The number of rotatable bonds is 9. The van der Waals surface area contributed by atoms with Crippen molar-refractivity contribution < 1.29 is 4.42 Å². The number of aliphatic imine (C=N–C) groups is 1. The lowest BCUT2D eigenvalue weighted by Gasteiger charge is -2.22. The molecule has 0 aliphatic heterocycles. The van der Waals surface area contributed by atoms with E-state index in [0.717, 1.165) is 90.6 Å². The molecule has 0 saturated carbocycles. The number of thiophene rings is 1. The Kier molecular flexibility index (Phi) is 10.7. The normalized spacial score (nSPS) is 14.1. The molecule has 1 unspecified atom stereocenters. The van der Waals surface area contributed by atoms with Crippen LogP contribution in [-0.2, 0) is 6.42 Å². The molecule has 0 spiro atoms. The lowest BCUT2D eigenvalue weighted by Crippen LogP contribution is -2.05. The molecule has 3 nitrogen and oxygen atoms in total. The minimum absolute atomic E-state index is 0.0355. The standard InChI is InChI=1S/C73H50N2OS/c1-3-63(56-28-17-31-66-71(56)58-26-11-14-30-65(58)75(66)51-22-5-4-6-23-51)74-64(57-29-18-34-69-72(57)59-27-13-16-33-68(59)77-69)40-35-45(2)50-43-61-53-25-12-15-32-67(53)76-73(61)62(44-50)55-39-37-49-41-47-20-7-8-21-48(47)42-60(49)54-38-36-46-19-9-10-24-52(46)70(54)55/h3-34,36,38,40-44,55H,1-2,35,37,39H2/b64-40-,74-63?. The highest BCUT2D eigenvalue weighted by Gasteiger charge is 2.30. The average molecular weight is 1000 g/mol. The third-order valence-electron chi connectivity index (χ3n) is 16.2. The van der Waals surface area contributed by atoms with Gasteiger partial charge in [-0.25, -0.2) is 4.99 Å². The summed E-state index contributed by atoms with van der Waals surface area (Å²) >= 11 is 1.83. The summed E-state index contributed by atoms with van der Waals surface area (Å²) in [4.78, 5) is 5.75. The van der Waals surface area contributed by atoms with Crippen LogP contribution in [0, 0.1) is 0 Å². The second-order valence-corrected chi connectivity index (χ2v) is 21.6. The monoisotopic (exact) mass is 1000 g/mol. The number of fused-ring (bicyclic) bond motifs is 15. The van der Waals surface area contributed by atoms with Gasteiger partial charge in [-0.1, -0.05) is 183 Å². The molecule has 14 aromatic rings. The van der Waals surface area contributed by atoms with E-state index in [1.54, 1.807) is 0 Å². The highest BCUT2D eigenvalue weighted by atomic mass is 32.1. The van der Waals surface area contributed by atoms with Crippen LogP contribution in [0.25, 0.3) is 114 Å². The van der Waals surface area contributed by atoms with Gasteiger partial charge in [0.05, 0.1) is 22.4 Å². The molecule has 1 atom stereocenters. The molecule has 77 heavy (non-hydrogen) atoms. The van der Waals surface area contributed by atoms with Gasteiger partial charge in [0, 0.05) is 70.0 Å². The number of hydrogen-bond donors (Lipinski definition) is 0. The zero-order valence-electron chi connectivity index (χ0n) is 42.3. The Morgan fingerprint density at radius 1 is 0.571 bits per heavy atom. The maximum Gasteiger partial charge on any atom is 0.139 e. The Bertz CT molecular complexity index is 4830. The van der Waals surface area contributed by atoms with E-state index in [0.29, 0.717) is 6.42 Å². The first-order valence-electron chi connectivity index (χ1n) is 26.6. The van der Waals surface area contributed by atoms with Gasteiger partial charge in [0.1, 0.15) is 11.2 Å². The first-order valence-corrected chi connectivity index (χ1v) is 27.4. The number of furan rings is 1. The molecule has 0 saturated heterocycles. The van der Waals surface area contributed by atoms with Crippen LogP contribution in [0.2, 0.25) is 0 Å². The number of para-hydroxylation sites is 3. The fourth-order valence-electron chi connectivity index (χ4n) is 12.7. The Morgan fingerprint density at radius 3 is 2.12 bits per heavy atom. The number of benzene rings is 11. The van der Waals surface area contributed by atoms with Gasteiger partial charge in [-0.15, -0.1) is 11.3 Å². The summed E-state index contributed by atoms with van der Waals surface area (Å²) in [5, 5.41) is 12.0. The van der Waals surface area contributed by atoms with E-state index < -0.39 is 0 Å². The van der Waals surface area contributed by atoms with E-state index in [9.17, 15) is 0 Å². The summed E-state index contributed by atoms with van der Waals surface area (Å²) in [5.41, 5.74) is 17.6. The molecule has 1 aliphatic carbocycles. The van der Waals surface area contributed by atoms with Gasteiger partial charge >= 0.3 is 0 Å². The van der Waals surface area contributed by atoms with Crippen LogP contribution in [0.15, 0.2) is 259 Å². The molecular weight excluding hydrogens is 953 g/mol. The molecule has 15 rings (SSSR count). The van der Waals surface area contributed by atoms with Crippen molar-refractivity contribution in [2.75, 3.05) is 0 Å². The van der Waals surface area contributed by atoms with Gasteiger partial charge in [0.15, 0.2) is 0 Å². The molecule has 0 N–H and O–H groups in total. The summed E-state index contributed by atoms with van der Waals surface area (Å²) < 4.78 is 11.9. The van der Waals surface area contributed by atoms with Crippen LogP contribution in [0.1, 0.15) is 52.1 Å². The van der Waals surface area contributed by atoms with E-state index >= 15 is 0 Å². The zero-order chi connectivity index (χ0) is 51.1. The Balaban J connectivity index is 0.917. The summed E-state index contributed by atoms with van der Waals surface area (Å²) in [5.74, 6) is 0.0355. The van der Waals surface area contributed by atoms with E-state index in [2.05, 4.69) is 242 Å². The number of allylic oxidation sites excluding steroid dienone is 3. The third kappa shape index (κ3) is 7.35. The molecule has 364 valence electrons. The van der Waals surface area contributed by atoms with Gasteiger partial charge in [-0.05, 0) is 141 Å². The van der Waals surface area contributed by atoms with E-state index in [1.165, 1.54) is 74.9 Å². The number of aryl methyl sites for hydroxylation is 1. The predicted molar refractivity (Wildman–Crippen MR) is 329 cm³/mol. The SMILES string of the molecule is C=CC(=N/C(=C\CC(=C)c1cc(C2CCc3cc4ccccc4cc3-c3ccc4ccccc4c32)c2oc3ccccc3c2c1)c1cccc2sc3ccccc3c12)c1cccc2c1c1ccccc1n2-c1ccccc1. The Morgan fingerprint density at radius 2 is 1.26 bits per heavy atom. The molecule has 0 bridgehead atoms. The molecule has 3 aromatic heterocycles. The molecule has 1 aliphatic rings. The van der Waals surface area contributed by atoms with Crippen molar-refractivity contribution in [3.05, 3.63) is 283 Å². The number of hydrogen-bond acceptors (Lipinski definition) is 3. The summed E-state index contributed by atoms with van der Waals surface area (Å²) in [7, 11) is 0. The van der Waals surface area contributed by atoms with E-state index in [4.69, 9.17) is 16.0 Å². The van der Waals surface area contributed by atoms with Crippen molar-refractivity contribution in [2.45, 2.75) is 25.2 Å². The summed E-state index contributed by atoms with van der Waals surface area (Å²) in [6.07, 6.45) is 6.64. The van der Waals surface area contributed by atoms with Crippen molar-refractivity contribution in [1.82, 2.24) is 4.57 Å². The fraction of sp³-hybridized carbons (Fsp3) is 0.0548. The van der Waals surface area contributed by atoms with Crippen LogP contribution in [0.4, 0.5) is 0 Å². The minimum Gasteiger partial charge on any atom is -0.456 e. The van der Waals surface area contributed by atoms with E-state index in [1.807, 2.05) is 17.4 Å². The maximum atomic E-state index is 7.02. The Hall–Kier alpha value is -9.35. The molecule has 11 aromatic carbocycles. The van der Waals surface area contributed by atoms with E-state index in [-0.39, 0.29) is 5.92 Å². The lowest BCUT2D eigenvalue weighted by atomic mass is 9.81. The average Bonchev–Trinajstić information content (AvgIpc) is 4.28. The minimum atomic E-state index is 0.0355. The second kappa shape index (κ2) is 18.2. The Labute approximate surface area is 450 Å². The summed E-state index contributed by atoms with van der Waals surface area (Å²) in [6, 6.07) is 81.7. The maximum absolute atomic E-state index is 7.02. The van der Waals surface area contributed by atoms with Crippen LogP contribution in [0.3, 0.4) is 0 Å². The molecule has 0 fully saturated rings. The largest absolute Gasteiger partial charge is 0.456 e. The predicted octanol–water partition coefficient (Wildman–Crippen LogP) is 20.2. The third-order valence-corrected chi connectivity index (χ3v) is 17.4. The first kappa shape index (κ1) is 45.1. The number of nitrogens with zero attached hydrogens (tertiary/aromatic N) is 2. The van der Waals surface area contributed by atoms with Crippen molar-refractivity contribution in [1.29, 1.82) is 0 Å². The number of aromatic nitrogens is 1. The van der Waals surface area contributed by atoms with Crippen molar-refractivity contribution in [3.8, 4) is 16.8 Å². The molecule has 0 amide bonds. The van der Waals surface area contributed by atoms with Gasteiger partial charge in [0.25, 0.3) is 0 Å². The van der Waals surface area contributed by atoms with Gasteiger partial charge < -0.3 is 8.98 Å². The highest BCUT2D eigenvalue weighted by molar-refractivity contribution is 7.25. The van der Waals surface area contributed by atoms with Crippen molar-refractivity contribution in [3.63, 3.8) is 0 Å².